The Balaban J connectivity index is 1.71. The molecule has 2 amide bonds. The molecule has 24 heavy (non-hydrogen) atoms. The lowest BCUT2D eigenvalue weighted by molar-refractivity contribution is -0.117. The predicted molar refractivity (Wildman–Crippen MR) is 93.0 cm³/mol. The monoisotopic (exact) mass is 326 g/mol. The summed E-state index contributed by atoms with van der Waals surface area (Å²) in [6, 6.07) is 7.44. The minimum absolute atomic E-state index is 0.0842. The Morgan fingerprint density at radius 1 is 1.33 bits per heavy atom. The molecule has 6 nitrogen and oxygen atoms in total. The summed E-state index contributed by atoms with van der Waals surface area (Å²) in [5.74, 6) is 0.0548. The van der Waals surface area contributed by atoms with Gasteiger partial charge in [-0.05, 0) is 38.5 Å². The van der Waals surface area contributed by atoms with Crippen LogP contribution in [0.3, 0.4) is 0 Å². The summed E-state index contributed by atoms with van der Waals surface area (Å²) < 4.78 is 1.79. The molecule has 1 N–H and O–H groups in total. The molecule has 0 atom stereocenters. The topological polar surface area (TPSA) is 67.2 Å². The fourth-order valence-corrected chi connectivity index (χ4v) is 3.11. The summed E-state index contributed by atoms with van der Waals surface area (Å²) in [4.78, 5) is 26.0. The average molecular weight is 326 g/mol. The molecule has 1 aliphatic rings. The van der Waals surface area contributed by atoms with Gasteiger partial charge in [-0.2, -0.15) is 5.10 Å². The van der Waals surface area contributed by atoms with Gasteiger partial charge in [-0.25, -0.2) is 0 Å². The van der Waals surface area contributed by atoms with Crippen LogP contribution in [0.2, 0.25) is 0 Å². The Labute approximate surface area is 141 Å². The first-order chi connectivity index (χ1) is 11.5. The van der Waals surface area contributed by atoms with E-state index in [1.165, 1.54) is 0 Å². The lowest BCUT2D eigenvalue weighted by Gasteiger charge is -2.16. The van der Waals surface area contributed by atoms with Gasteiger partial charge in [0, 0.05) is 42.6 Å². The second kappa shape index (κ2) is 6.47. The molecule has 1 aliphatic heterocycles. The highest BCUT2D eigenvalue weighted by atomic mass is 16.2. The third-order valence-electron chi connectivity index (χ3n) is 4.51. The van der Waals surface area contributed by atoms with Crippen molar-refractivity contribution in [1.29, 1.82) is 0 Å². The van der Waals surface area contributed by atoms with Crippen molar-refractivity contribution >= 4 is 23.2 Å². The summed E-state index contributed by atoms with van der Waals surface area (Å²) >= 11 is 0. The van der Waals surface area contributed by atoms with Crippen LogP contribution in [0.5, 0.6) is 0 Å². The van der Waals surface area contributed by atoms with Crippen molar-refractivity contribution in [3.05, 3.63) is 41.2 Å². The van der Waals surface area contributed by atoms with Crippen LogP contribution < -0.4 is 10.2 Å². The number of benzene rings is 1. The molecule has 2 heterocycles. The van der Waals surface area contributed by atoms with Gasteiger partial charge in [0.15, 0.2) is 0 Å². The lowest BCUT2D eigenvalue weighted by atomic mass is 10.1. The van der Waals surface area contributed by atoms with Crippen LogP contribution in [0, 0.1) is 13.8 Å². The lowest BCUT2D eigenvalue weighted by Crippen LogP contribution is -2.23. The van der Waals surface area contributed by atoms with Crippen molar-refractivity contribution in [1.82, 2.24) is 9.78 Å². The van der Waals surface area contributed by atoms with Crippen molar-refractivity contribution < 1.29 is 9.59 Å². The summed E-state index contributed by atoms with van der Waals surface area (Å²) in [6.45, 7) is 4.61. The quantitative estimate of drug-likeness (QED) is 0.938. The Morgan fingerprint density at radius 3 is 2.75 bits per heavy atom. The second-order valence-corrected chi connectivity index (χ2v) is 6.20. The molecule has 0 unspecified atom stereocenters. The van der Waals surface area contributed by atoms with Crippen LogP contribution in [-0.4, -0.2) is 28.1 Å². The number of amides is 2. The third-order valence-corrected chi connectivity index (χ3v) is 4.51. The van der Waals surface area contributed by atoms with Gasteiger partial charge in [-0.15, -0.1) is 0 Å². The predicted octanol–water partition coefficient (Wildman–Crippen LogP) is 2.34. The zero-order valence-corrected chi connectivity index (χ0v) is 14.3. The SMILES string of the molecule is Cc1nn(C)c(C)c1CC(=O)Nc1cccc(N2CCCC2=O)c1. The molecule has 1 saturated heterocycles. The number of nitrogens with one attached hydrogen (secondary N) is 1. The maximum absolute atomic E-state index is 12.4. The first-order valence-electron chi connectivity index (χ1n) is 8.15. The van der Waals surface area contributed by atoms with E-state index in [4.69, 9.17) is 0 Å². The van der Waals surface area contributed by atoms with Crippen LogP contribution >= 0.6 is 0 Å². The minimum atomic E-state index is -0.0842. The van der Waals surface area contributed by atoms with Gasteiger partial charge in [0.2, 0.25) is 11.8 Å². The number of carbonyl (C=O) groups excluding carboxylic acids is 2. The first kappa shape index (κ1) is 16.2. The highest BCUT2D eigenvalue weighted by Crippen LogP contribution is 2.24. The highest BCUT2D eigenvalue weighted by Gasteiger charge is 2.22. The van der Waals surface area contributed by atoms with E-state index in [2.05, 4.69) is 10.4 Å². The van der Waals surface area contributed by atoms with Crippen molar-refractivity contribution in [3.8, 4) is 0 Å². The molecule has 0 aliphatic carbocycles. The zero-order valence-electron chi connectivity index (χ0n) is 14.3. The maximum atomic E-state index is 12.4. The summed E-state index contributed by atoms with van der Waals surface area (Å²) in [5.41, 5.74) is 4.38. The number of hydrogen-bond donors (Lipinski definition) is 1. The van der Waals surface area contributed by atoms with Crippen LogP contribution in [0.25, 0.3) is 0 Å². The van der Waals surface area contributed by atoms with Crippen LogP contribution in [0.4, 0.5) is 11.4 Å². The van der Waals surface area contributed by atoms with Gasteiger partial charge in [0.25, 0.3) is 0 Å². The van der Waals surface area contributed by atoms with E-state index < -0.39 is 0 Å². The number of hydrogen-bond acceptors (Lipinski definition) is 3. The normalized spacial score (nSPS) is 14.3. The maximum Gasteiger partial charge on any atom is 0.228 e. The molecule has 3 rings (SSSR count). The third kappa shape index (κ3) is 3.18. The molecule has 126 valence electrons. The zero-order chi connectivity index (χ0) is 17.3. The summed E-state index contributed by atoms with van der Waals surface area (Å²) in [7, 11) is 1.88. The Morgan fingerprint density at radius 2 is 2.12 bits per heavy atom. The Hall–Kier alpha value is -2.63. The van der Waals surface area contributed by atoms with E-state index in [9.17, 15) is 9.59 Å². The van der Waals surface area contributed by atoms with E-state index in [1.807, 2.05) is 45.2 Å². The van der Waals surface area contributed by atoms with Crippen LogP contribution in [0.15, 0.2) is 24.3 Å². The molecule has 6 heteroatoms. The Kier molecular flexibility index (Phi) is 4.38. The van der Waals surface area contributed by atoms with Crippen molar-refractivity contribution in [2.75, 3.05) is 16.8 Å². The van der Waals surface area contributed by atoms with Crippen LogP contribution in [-0.2, 0) is 23.1 Å². The fourth-order valence-electron chi connectivity index (χ4n) is 3.11. The average Bonchev–Trinajstić information content (AvgIpc) is 3.06. The van der Waals surface area contributed by atoms with Gasteiger partial charge in [0.1, 0.15) is 0 Å². The van der Waals surface area contributed by atoms with Gasteiger partial charge in [-0.3, -0.25) is 14.3 Å². The molecule has 0 saturated carbocycles. The molecule has 1 aromatic heterocycles. The van der Waals surface area contributed by atoms with Gasteiger partial charge in [-0.1, -0.05) is 6.07 Å². The van der Waals surface area contributed by atoms with E-state index >= 15 is 0 Å². The second-order valence-electron chi connectivity index (χ2n) is 6.20. The van der Waals surface area contributed by atoms with Gasteiger partial charge < -0.3 is 10.2 Å². The summed E-state index contributed by atoms with van der Waals surface area (Å²) in [6.07, 6.45) is 1.77. The van der Waals surface area contributed by atoms with Crippen molar-refractivity contribution in [2.45, 2.75) is 33.1 Å². The molecule has 0 bridgehead atoms. The number of aromatic nitrogens is 2. The van der Waals surface area contributed by atoms with E-state index in [0.717, 1.165) is 35.6 Å². The first-order valence-corrected chi connectivity index (χ1v) is 8.15. The minimum Gasteiger partial charge on any atom is -0.326 e. The van der Waals surface area contributed by atoms with Gasteiger partial charge >= 0.3 is 0 Å². The van der Waals surface area contributed by atoms with E-state index in [-0.39, 0.29) is 11.8 Å². The molecule has 1 aromatic carbocycles. The largest absolute Gasteiger partial charge is 0.326 e. The molecular weight excluding hydrogens is 304 g/mol. The number of rotatable bonds is 4. The molecule has 2 aromatic rings. The van der Waals surface area contributed by atoms with Crippen molar-refractivity contribution in [3.63, 3.8) is 0 Å². The number of anilines is 2. The van der Waals surface area contributed by atoms with Crippen molar-refractivity contribution in [2.24, 2.45) is 7.05 Å². The van der Waals surface area contributed by atoms with E-state index in [0.29, 0.717) is 18.5 Å². The molecular formula is C18H22N4O2. The van der Waals surface area contributed by atoms with E-state index in [1.54, 1.807) is 9.58 Å². The smallest absolute Gasteiger partial charge is 0.228 e. The summed E-state index contributed by atoms with van der Waals surface area (Å²) in [5, 5.41) is 7.26. The fraction of sp³-hybridized carbons (Fsp3) is 0.389. The Bertz CT molecular complexity index is 794. The number of carbonyl (C=O) groups is 2. The standard InChI is InChI=1S/C18H22N4O2/c1-12-16(13(2)21(3)20-12)11-17(23)19-14-6-4-7-15(10-14)22-9-5-8-18(22)24/h4,6-7,10H,5,8-9,11H2,1-3H3,(H,19,23). The molecule has 0 spiro atoms. The highest BCUT2D eigenvalue weighted by molar-refractivity contribution is 5.97. The van der Waals surface area contributed by atoms with Gasteiger partial charge in [0.05, 0.1) is 12.1 Å². The number of aryl methyl sites for hydroxylation is 2. The molecule has 0 radical (unpaired) electrons. The van der Waals surface area contributed by atoms with Crippen LogP contribution in [0.1, 0.15) is 29.8 Å². The number of nitrogens with zero attached hydrogens (tertiary/aromatic N) is 3. The molecule has 1 fully saturated rings.